The van der Waals surface area contributed by atoms with Crippen LogP contribution in [0, 0.1) is 0 Å². The molecule has 0 fully saturated rings. The molecule has 180 valence electrons. The van der Waals surface area contributed by atoms with Crippen LogP contribution >= 0.6 is 0 Å². The molecule has 0 atom stereocenters. The Balaban J connectivity index is 1.90. The molecule has 0 aromatic heterocycles. The van der Waals surface area contributed by atoms with Crippen LogP contribution in [0.3, 0.4) is 0 Å². The first-order valence-electron chi connectivity index (χ1n) is 9.21. The van der Waals surface area contributed by atoms with Crippen molar-refractivity contribution in [3.05, 3.63) is 77.9 Å². The summed E-state index contributed by atoms with van der Waals surface area (Å²) in [6, 6.07) is 11.6. The molecule has 0 unspecified atom stereocenters. The molecule has 34 heavy (non-hydrogen) atoms. The molecule has 3 rings (SSSR count). The minimum Gasteiger partial charge on any atom is -0.457 e. The SMILES string of the molecule is NS(=O)(=O)c1ccc(NC(=O)c2cc(C(F)(F)F)ccc2Oc2ccc(OC(F)F)cc2)cc1. The predicted molar refractivity (Wildman–Crippen MR) is 110 cm³/mol. The van der Waals surface area contributed by atoms with Gasteiger partial charge in [0.2, 0.25) is 10.0 Å². The zero-order valence-corrected chi connectivity index (χ0v) is 17.7. The second-order valence-corrected chi connectivity index (χ2v) is 8.25. The summed E-state index contributed by atoms with van der Waals surface area (Å²) in [7, 11) is -3.98. The number of nitrogens with one attached hydrogen (secondary N) is 1. The van der Waals surface area contributed by atoms with Gasteiger partial charge in [-0.3, -0.25) is 4.79 Å². The second kappa shape index (κ2) is 9.65. The summed E-state index contributed by atoms with van der Waals surface area (Å²) in [5, 5.41) is 7.35. The number of primary sulfonamides is 1. The highest BCUT2D eigenvalue weighted by Gasteiger charge is 2.32. The van der Waals surface area contributed by atoms with E-state index in [1.807, 2.05) is 0 Å². The fourth-order valence-electron chi connectivity index (χ4n) is 2.72. The fourth-order valence-corrected chi connectivity index (χ4v) is 3.23. The number of hydrogen-bond acceptors (Lipinski definition) is 5. The molecule has 0 saturated carbocycles. The number of sulfonamides is 1. The Kier molecular flexibility index (Phi) is 7.07. The molecule has 1 amide bonds. The van der Waals surface area contributed by atoms with Gasteiger partial charge in [-0.05, 0) is 66.7 Å². The summed E-state index contributed by atoms with van der Waals surface area (Å²) in [4.78, 5) is 12.5. The topological polar surface area (TPSA) is 108 Å². The molecule has 3 N–H and O–H groups in total. The Labute approximate surface area is 190 Å². The fraction of sp³-hybridized carbons (Fsp3) is 0.0952. The highest BCUT2D eigenvalue weighted by molar-refractivity contribution is 7.89. The van der Waals surface area contributed by atoms with Gasteiger partial charge in [0, 0.05) is 5.69 Å². The molecule has 0 bridgehead atoms. The molecule has 0 heterocycles. The van der Waals surface area contributed by atoms with E-state index in [9.17, 15) is 35.2 Å². The van der Waals surface area contributed by atoms with Gasteiger partial charge < -0.3 is 14.8 Å². The van der Waals surface area contributed by atoms with Gasteiger partial charge in [0.1, 0.15) is 17.2 Å². The summed E-state index contributed by atoms with van der Waals surface area (Å²) < 4.78 is 96.5. The number of halogens is 5. The molecule has 3 aromatic rings. The minimum atomic E-state index is -4.75. The highest BCUT2D eigenvalue weighted by atomic mass is 32.2. The van der Waals surface area contributed by atoms with E-state index in [-0.39, 0.29) is 27.8 Å². The van der Waals surface area contributed by atoms with Crippen molar-refractivity contribution in [1.82, 2.24) is 0 Å². The number of amides is 1. The molecule has 0 saturated heterocycles. The largest absolute Gasteiger partial charge is 0.457 e. The van der Waals surface area contributed by atoms with E-state index in [4.69, 9.17) is 9.88 Å². The van der Waals surface area contributed by atoms with Crippen LogP contribution in [0.25, 0.3) is 0 Å². The van der Waals surface area contributed by atoms with Crippen molar-refractivity contribution in [1.29, 1.82) is 0 Å². The van der Waals surface area contributed by atoms with E-state index in [2.05, 4.69) is 10.1 Å². The lowest BCUT2D eigenvalue weighted by atomic mass is 10.1. The van der Waals surface area contributed by atoms with Crippen LogP contribution in [0.15, 0.2) is 71.6 Å². The number of nitrogens with two attached hydrogens (primary N) is 1. The molecule has 0 spiro atoms. The minimum absolute atomic E-state index is 0.0351. The van der Waals surface area contributed by atoms with Crippen LogP contribution in [-0.4, -0.2) is 20.9 Å². The molecule has 0 aliphatic carbocycles. The molecule has 7 nitrogen and oxygen atoms in total. The van der Waals surface area contributed by atoms with Gasteiger partial charge in [-0.25, -0.2) is 13.6 Å². The average molecular weight is 502 g/mol. The van der Waals surface area contributed by atoms with Crippen molar-refractivity contribution in [2.24, 2.45) is 5.14 Å². The van der Waals surface area contributed by atoms with Gasteiger partial charge in [-0.2, -0.15) is 22.0 Å². The summed E-state index contributed by atoms with van der Waals surface area (Å²) in [5.74, 6) is -1.38. The summed E-state index contributed by atoms with van der Waals surface area (Å²) in [6.45, 7) is -3.05. The van der Waals surface area contributed by atoms with E-state index in [1.165, 1.54) is 24.3 Å². The number of carbonyl (C=O) groups excluding carboxylic acids is 1. The Hall–Kier alpha value is -3.71. The molecule has 0 aliphatic heterocycles. The third-order valence-electron chi connectivity index (χ3n) is 4.27. The van der Waals surface area contributed by atoms with Crippen LogP contribution in [0.5, 0.6) is 17.2 Å². The van der Waals surface area contributed by atoms with Crippen LogP contribution in [0.2, 0.25) is 0 Å². The van der Waals surface area contributed by atoms with Gasteiger partial charge in [0.15, 0.2) is 0 Å². The smallest absolute Gasteiger partial charge is 0.416 e. The number of carbonyl (C=O) groups is 1. The Morgan fingerprint density at radius 1 is 0.912 bits per heavy atom. The number of benzene rings is 3. The van der Waals surface area contributed by atoms with E-state index in [1.54, 1.807) is 0 Å². The first-order chi connectivity index (χ1) is 15.8. The standard InChI is InChI=1S/C21H15F5N2O5S/c22-20(23)33-15-6-4-14(5-7-15)32-18-10-1-12(21(24,25)26)11-17(18)19(29)28-13-2-8-16(9-3-13)34(27,30)31/h1-11,20H,(H,28,29)(H2,27,30,31). The van der Waals surface area contributed by atoms with Gasteiger partial charge in [0.25, 0.3) is 5.91 Å². The van der Waals surface area contributed by atoms with Crippen molar-refractivity contribution in [2.75, 3.05) is 5.32 Å². The van der Waals surface area contributed by atoms with E-state index in [0.29, 0.717) is 12.1 Å². The van der Waals surface area contributed by atoms with E-state index < -0.39 is 39.8 Å². The lowest BCUT2D eigenvalue weighted by Gasteiger charge is -2.15. The molecule has 0 aliphatic rings. The Bertz CT molecular complexity index is 1280. The third kappa shape index (κ3) is 6.42. The van der Waals surface area contributed by atoms with E-state index in [0.717, 1.165) is 30.3 Å². The van der Waals surface area contributed by atoms with E-state index >= 15 is 0 Å². The first kappa shape index (κ1) is 24.9. The van der Waals surface area contributed by atoms with Gasteiger partial charge in [-0.15, -0.1) is 0 Å². The maximum atomic E-state index is 13.2. The Morgan fingerprint density at radius 3 is 2.03 bits per heavy atom. The van der Waals surface area contributed by atoms with Crippen molar-refractivity contribution in [3.8, 4) is 17.2 Å². The van der Waals surface area contributed by atoms with Crippen molar-refractivity contribution < 1.29 is 44.6 Å². The van der Waals surface area contributed by atoms with Crippen LogP contribution in [0.1, 0.15) is 15.9 Å². The number of anilines is 1. The quantitative estimate of drug-likeness (QED) is 0.442. The van der Waals surface area contributed by atoms with Gasteiger partial charge >= 0.3 is 12.8 Å². The highest BCUT2D eigenvalue weighted by Crippen LogP contribution is 2.35. The first-order valence-corrected chi connectivity index (χ1v) is 10.8. The van der Waals surface area contributed by atoms with Crippen molar-refractivity contribution >= 4 is 21.6 Å². The molecule has 3 aromatic carbocycles. The summed E-state index contributed by atoms with van der Waals surface area (Å²) in [5.41, 5.74) is -1.53. The van der Waals surface area contributed by atoms with Gasteiger partial charge in [-0.1, -0.05) is 0 Å². The van der Waals surface area contributed by atoms with Gasteiger partial charge in [0.05, 0.1) is 16.0 Å². The van der Waals surface area contributed by atoms with Crippen molar-refractivity contribution in [3.63, 3.8) is 0 Å². The molecule has 13 heteroatoms. The third-order valence-corrected chi connectivity index (χ3v) is 5.20. The van der Waals surface area contributed by atoms with Crippen LogP contribution < -0.4 is 19.9 Å². The second-order valence-electron chi connectivity index (χ2n) is 6.68. The lowest BCUT2D eigenvalue weighted by molar-refractivity contribution is -0.137. The monoisotopic (exact) mass is 502 g/mol. The maximum absolute atomic E-state index is 13.2. The molecular weight excluding hydrogens is 487 g/mol. The number of ether oxygens (including phenoxy) is 2. The Morgan fingerprint density at radius 2 is 1.50 bits per heavy atom. The number of rotatable bonds is 7. The molecule has 0 radical (unpaired) electrons. The zero-order chi connectivity index (χ0) is 25.1. The maximum Gasteiger partial charge on any atom is 0.416 e. The normalized spacial score (nSPS) is 11.9. The summed E-state index contributed by atoms with van der Waals surface area (Å²) >= 11 is 0. The molecular formula is C21H15F5N2O5S. The van der Waals surface area contributed by atoms with Crippen LogP contribution in [0.4, 0.5) is 27.6 Å². The zero-order valence-electron chi connectivity index (χ0n) is 16.8. The predicted octanol–water partition coefficient (Wildman–Crippen LogP) is 5.00. The summed E-state index contributed by atoms with van der Waals surface area (Å²) in [6.07, 6.45) is -4.75. The lowest BCUT2D eigenvalue weighted by Crippen LogP contribution is -2.16. The number of hydrogen-bond donors (Lipinski definition) is 2. The average Bonchev–Trinajstić information content (AvgIpc) is 2.74. The number of alkyl halides is 5. The van der Waals surface area contributed by atoms with Crippen LogP contribution in [-0.2, 0) is 16.2 Å². The van der Waals surface area contributed by atoms with Crippen molar-refractivity contribution in [2.45, 2.75) is 17.7 Å².